The van der Waals surface area contributed by atoms with Gasteiger partial charge < -0.3 is 9.64 Å². The Balaban J connectivity index is 1.74. The molecule has 1 aliphatic heterocycles. The van der Waals surface area contributed by atoms with Crippen molar-refractivity contribution in [1.82, 2.24) is 14.5 Å². The summed E-state index contributed by atoms with van der Waals surface area (Å²) in [5.74, 6) is 0.370. The molecular weight excluding hydrogens is 398 g/mol. The average molecular weight is 420 g/mol. The molecular formula is C19H21N3O4S2. The van der Waals surface area contributed by atoms with Gasteiger partial charge in [-0.1, -0.05) is 35.7 Å². The number of ether oxygens (including phenoxy) is 1. The number of thioether (sulfide) groups is 2. The third kappa shape index (κ3) is 4.41. The van der Waals surface area contributed by atoms with E-state index in [4.69, 9.17) is 4.74 Å². The first kappa shape index (κ1) is 20.5. The third-order valence-corrected chi connectivity index (χ3v) is 6.11. The number of para-hydroxylation sites is 1. The smallest absolute Gasteiger partial charge is 0.333 e. The Labute approximate surface area is 171 Å². The van der Waals surface area contributed by atoms with Crippen molar-refractivity contribution in [2.75, 3.05) is 24.7 Å². The van der Waals surface area contributed by atoms with Crippen molar-refractivity contribution in [3.63, 3.8) is 0 Å². The zero-order valence-electron chi connectivity index (χ0n) is 15.7. The quantitative estimate of drug-likeness (QED) is 0.295. The molecule has 1 aliphatic rings. The largest absolute Gasteiger partial charge is 0.463 e. The van der Waals surface area contributed by atoms with Gasteiger partial charge in [0.15, 0.2) is 5.16 Å². The molecule has 9 heteroatoms. The minimum Gasteiger partial charge on any atom is -0.463 e. The van der Waals surface area contributed by atoms with E-state index in [0.717, 1.165) is 0 Å². The van der Waals surface area contributed by atoms with Gasteiger partial charge >= 0.3 is 5.97 Å². The molecule has 0 unspecified atom stereocenters. The van der Waals surface area contributed by atoms with E-state index in [1.807, 2.05) is 25.1 Å². The monoisotopic (exact) mass is 419 g/mol. The van der Waals surface area contributed by atoms with Crippen LogP contribution in [0.5, 0.6) is 0 Å². The highest BCUT2D eigenvalue weighted by molar-refractivity contribution is 8.04. The Morgan fingerprint density at radius 1 is 1.32 bits per heavy atom. The first-order valence-corrected chi connectivity index (χ1v) is 11.0. The average Bonchev–Trinajstić information content (AvgIpc) is 3.02. The third-order valence-electron chi connectivity index (χ3n) is 4.13. The Morgan fingerprint density at radius 2 is 2.11 bits per heavy atom. The summed E-state index contributed by atoms with van der Waals surface area (Å²) in [6.45, 7) is 4.88. The van der Waals surface area contributed by atoms with Gasteiger partial charge in [-0.3, -0.25) is 14.2 Å². The van der Waals surface area contributed by atoms with Crippen molar-refractivity contribution in [3.05, 3.63) is 45.7 Å². The predicted octanol–water partition coefficient (Wildman–Crippen LogP) is 2.49. The molecule has 0 spiro atoms. The highest BCUT2D eigenvalue weighted by atomic mass is 32.2. The molecule has 0 aliphatic carbocycles. The number of nitrogens with zero attached hydrogens (tertiary/aromatic N) is 3. The fourth-order valence-corrected chi connectivity index (χ4v) is 4.76. The molecule has 1 fully saturated rings. The molecule has 0 atom stereocenters. The summed E-state index contributed by atoms with van der Waals surface area (Å²) in [6, 6.07) is 7.28. The van der Waals surface area contributed by atoms with Crippen molar-refractivity contribution in [3.8, 4) is 0 Å². The van der Waals surface area contributed by atoms with Gasteiger partial charge in [-0.15, -0.1) is 0 Å². The lowest BCUT2D eigenvalue weighted by Gasteiger charge is -2.17. The minimum atomic E-state index is -0.451. The summed E-state index contributed by atoms with van der Waals surface area (Å²) in [5, 5.41) is 1.82. The van der Waals surface area contributed by atoms with Gasteiger partial charge in [0.25, 0.3) is 5.56 Å². The SMILES string of the molecule is CCOC(=O)/C=C1\SCC(=O)N1CCSc1nc2ccccc2c(=O)n1CC. The molecule has 1 amide bonds. The Bertz CT molecular complexity index is 987. The number of fused-ring (bicyclic) bond motifs is 1. The summed E-state index contributed by atoms with van der Waals surface area (Å²) in [6.07, 6.45) is 1.36. The van der Waals surface area contributed by atoms with E-state index in [-0.39, 0.29) is 11.5 Å². The van der Waals surface area contributed by atoms with Gasteiger partial charge in [-0.25, -0.2) is 9.78 Å². The van der Waals surface area contributed by atoms with Crippen LogP contribution in [0.15, 0.2) is 45.3 Å². The molecule has 7 nitrogen and oxygen atoms in total. The molecule has 0 saturated carbocycles. The maximum atomic E-state index is 12.7. The number of esters is 1. The number of rotatable bonds is 7. The van der Waals surface area contributed by atoms with E-state index in [2.05, 4.69) is 4.98 Å². The van der Waals surface area contributed by atoms with Crippen LogP contribution in [-0.2, 0) is 20.9 Å². The molecule has 1 saturated heterocycles. The first-order valence-electron chi connectivity index (χ1n) is 8.99. The number of amides is 1. The molecule has 1 aromatic carbocycles. The van der Waals surface area contributed by atoms with Crippen LogP contribution < -0.4 is 5.56 Å². The second kappa shape index (κ2) is 9.29. The van der Waals surface area contributed by atoms with Gasteiger partial charge in [0.05, 0.1) is 34.4 Å². The lowest BCUT2D eigenvalue weighted by Crippen LogP contribution is -2.28. The fourth-order valence-electron chi connectivity index (χ4n) is 2.82. The van der Waals surface area contributed by atoms with E-state index < -0.39 is 5.97 Å². The van der Waals surface area contributed by atoms with Gasteiger partial charge in [0, 0.05) is 18.8 Å². The number of benzene rings is 1. The van der Waals surface area contributed by atoms with Crippen molar-refractivity contribution >= 4 is 46.3 Å². The maximum absolute atomic E-state index is 12.7. The first-order chi connectivity index (χ1) is 13.5. The number of hydrogen-bond donors (Lipinski definition) is 0. The topological polar surface area (TPSA) is 81.5 Å². The highest BCUT2D eigenvalue weighted by Crippen LogP contribution is 2.29. The van der Waals surface area contributed by atoms with E-state index in [9.17, 15) is 14.4 Å². The van der Waals surface area contributed by atoms with E-state index >= 15 is 0 Å². The fraction of sp³-hybridized carbons (Fsp3) is 0.368. The van der Waals surface area contributed by atoms with Crippen LogP contribution in [-0.4, -0.2) is 51.0 Å². The van der Waals surface area contributed by atoms with Crippen molar-refractivity contribution in [2.45, 2.75) is 25.5 Å². The molecule has 2 aromatic rings. The molecule has 0 radical (unpaired) electrons. The van der Waals surface area contributed by atoms with Crippen molar-refractivity contribution < 1.29 is 14.3 Å². The van der Waals surface area contributed by atoms with Crippen LogP contribution >= 0.6 is 23.5 Å². The lowest BCUT2D eigenvalue weighted by atomic mass is 10.2. The van der Waals surface area contributed by atoms with E-state index in [1.54, 1.807) is 22.5 Å². The molecule has 3 rings (SSSR count). The van der Waals surface area contributed by atoms with Crippen molar-refractivity contribution in [2.24, 2.45) is 0 Å². The van der Waals surface area contributed by atoms with Crippen LogP contribution in [0.4, 0.5) is 0 Å². The zero-order chi connectivity index (χ0) is 20.1. The summed E-state index contributed by atoms with van der Waals surface area (Å²) in [7, 11) is 0. The maximum Gasteiger partial charge on any atom is 0.333 e. The van der Waals surface area contributed by atoms with Gasteiger partial charge in [-0.2, -0.15) is 0 Å². The van der Waals surface area contributed by atoms with Crippen LogP contribution in [0.25, 0.3) is 10.9 Å². The Kier molecular flexibility index (Phi) is 6.79. The molecule has 0 N–H and O–H groups in total. The number of carbonyl (C=O) groups excluding carboxylic acids is 2. The summed E-state index contributed by atoms with van der Waals surface area (Å²) >= 11 is 2.75. The van der Waals surface area contributed by atoms with Gasteiger partial charge in [-0.05, 0) is 26.0 Å². The molecule has 0 bridgehead atoms. The number of aromatic nitrogens is 2. The van der Waals surface area contributed by atoms with Crippen LogP contribution in [0.3, 0.4) is 0 Å². The summed E-state index contributed by atoms with van der Waals surface area (Å²) in [5.41, 5.74) is 0.599. The Morgan fingerprint density at radius 3 is 2.86 bits per heavy atom. The normalized spacial score (nSPS) is 15.6. The molecule has 1 aromatic heterocycles. The van der Waals surface area contributed by atoms with Gasteiger partial charge in [0.1, 0.15) is 0 Å². The highest BCUT2D eigenvalue weighted by Gasteiger charge is 2.27. The van der Waals surface area contributed by atoms with Crippen LogP contribution in [0, 0.1) is 0 Å². The Hall–Kier alpha value is -2.26. The van der Waals surface area contributed by atoms with Crippen LogP contribution in [0.2, 0.25) is 0 Å². The number of hydrogen-bond acceptors (Lipinski definition) is 7. The van der Waals surface area contributed by atoms with Crippen LogP contribution in [0.1, 0.15) is 13.8 Å². The summed E-state index contributed by atoms with van der Waals surface area (Å²) in [4.78, 5) is 42.7. The van der Waals surface area contributed by atoms with E-state index in [1.165, 1.54) is 29.6 Å². The van der Waals surface area contributed by atoms with Gasteiger partial charge in [0.2, 0.25) is 5.91 Å². The molecule has 148 valence electrons. The standard InChI is InChI=1S/C19H21N3O4S2/c1-3-21-18(25)13-7-5-6-8-14(13)20-19(21)27-10-9-22-15(23)12-28-16(22)11-17(24)26-4-2/h5-8,11H,3-4,9-10,12H2,1-2H3/b16-11-. The second-order valence-corrected chi connectivity index (χ2v) is 7.94. The number of carbonyl (C=O) groups is 2. The lowest BCUT2D eigenvalue weighted by molar-refractivity contribution is -0.137. The minimum absolute atomic E-state index is 0.0412. The van der Waals surface area contributed by atoms with E-state index in [0.29, 0.717) is 52.3 Å². The predicted molar refractivity (Wildman–Crippen MR) is 111 cm³/mol. The molecule has 28 heavy (non-hydrogen) atoms. The van der Waals surface area contributed by atoms with Crippen molar-refractivity contribution in [1.29, 1.82) is 0 Å². The second-order valence-electron chi connectivity index (χ2n) is 5.88. The molecule has 2 heterocycles. The zero-order valence-corrected chi connectivity index (χ0v) is 17.3. The summed E-state index contributed by atoms with van der Waals surface area (Å²) < 4.78 is 6.57.